The second kappa shape index (κ2) is 8.67. The van der Waals surface area contributed by atoms with Gasteiger partial charge < -0.3 is 14.2 Å². The molecular weight excluding hydrogens is 419 g/mol. The van der Waals surface area contributed by atoms with Gasteiger partial charge in [0.05, 0.1) is 0 Å². The number of benzene rings is 3. The van der Waals surface area contributed by atoms with Gasteiger partial charge >= 0.3 is 7.60 Å². The van der Waals surface area contributed by atoms with E-state index >= 15 is 4.57 Å². The molecule has 3 rings (SSSR count). The number of phenols is 1. The molecule has 0 aromatic heterocycles. The van der Waals surface area contributed by atoms with Crippen molar-refractivity contribution in [3.63, 3.8) is 0 Å². The van der Waals surface area contributed by atoms with Gasteiger partial charge in [0.15, 0.2) is 0 Å². The van der Waals surface area contributed by atoms with Crippen LogP contribution in [-0.2, 0) is 9.72 Å². The molecule has 0 radical (unpaired) electrons. The summed E-state index contributed by atoms with van der Waals surface area (Å²) in [7, 11) is -3.97. The highest BCUT2D eigenvalue weighted by Crippen LogP contribution is 2.76. The van der Waals surface area contributed by atoms with Gasteiger partial charge in [-0.3, -0.25) is 0 Å². The third-order valence-electron chi connectivity index (χ3n) is 5.80. The van der Waals surface area contributed by atoms with Crippen LogP contribution in [0.2, 0.25) is 0 Å². The highest BCUT2D eigenvalue weighted by atomic mass is 31.2. The lowest BCUT2D eigenvalue weighted by Crippen LogP contribution is -2.51. The summed E-state index contributed by atoms with van der Waals surface area (Å²) < 4.78 is 28.0. The molecule has 0 aliphatic carbocycles. The molecule has 170 valence electrons. The second-order valence-electron chi connectivity index (χ2n) is 10.1. The summed E-state index contributed by atoms with van der Waals surface area (Å²) in [5, 5.41) is 8.89. The van der Waals surface area contributed by atoms with Crippen molar-refractivity contribution in [1.82, 2.24) is 0 Å². The van der Waals surface area contributed by atoms with Crippen molar-refractivity contribution in [3.05, 3.63) is 90.5 Å². The second-order valence-corrected chi connectivity index (χ2v) is 12.1. The highest BCUT2D eigenvalue weighted by molar-refractivity contribution is 7.56. The maximum Gasteiger partial charge on any atom is 0.442 e. The molecule has 5 heteroatoms. The number of rotatable bonds is 6. The normalized spacial score (nSPS) is 12.9. The first-order valence-corrected chi connectivity index (χ1v) is 12.3. The minimum atomic E-state index is -3.97. The van der Waals surface area contributed by atoms with Gasteiger partial charge in [-0.25, -0.2) is 4.57 Å². The quantitative estimate of drug-likeness (QED) is 0.385. The zero-order valence-corrected chi connectivity index (χ0v) is 20.6. The van der Waals surface area contributed by atoms with Crippen LogP contribution < -0.4 is 9.05 Å². The van der Waals surface area contributed by atoms with Crippen LogP contribution in [0, 0.1) is 10.8 Å². The van der Waals surface area contributed by atoms with Crippen molar-refractivity contribution < 1.29 is 18.7 Å². The molecule has 0 saturated heterocycles. The third-order valence-corrected chi connectivity index (χ3v) is 9.13. The number of para-hydroxylation sites is 2. The van der Waals surface area contributed by atoms with Crippen LogP contribution in [0.1, 0.15) is 47.1 Å². The molecule has 0 spiro atoms. The van der Waals surface area contributed by atoms with Crippen LogP contribution in [0.5, 0.6) is 17.2 Å². The molecule has 1 N–H and O–H groups in total. The summed E-state index contributed by atoms with van der Waals surface area (Å²) in [6.07, 6.45) is 0. The monoisotopic (exact) mass is 452 g/mol. The maximum atomic E-state index is 15.2. The van der Waals surface area contributed by atoms with Crippen LogP contribution >= 0.6 is 7.60 Å². The zero-order valence-electron chi connectivity index (χ0n) is 19.7. The Morgan fingerprint density at radius 3 is 1.34 bits per heavy atom. The Morgan fingerprint density at radius 2 is 1.00 bits per heavy atom. The standard InChI is InChI=1S/C27H33O4P/c1-25(2,3)27(26(4,5)6,21-17-19-22(28)20-18-21)32(29,30-23-13-9-7-10-14-23)31-24-15-11-8-12-16-24/h7-20,28H,1-6H3. The first-order valence-electron chi connectivity index (χ1n) is 10.8. The van der Waals surface area contributed by atoms with Gasteiger partial charge in [0, 0.05) is 0 Å². The van der Waals surface area contributed by atoms with E-state index in [1.54, 1.807) is 36.4 Å². The smallest absolute Gasteiger partial charge is 0.442 e. The van der Waals surface area contributed by atoms with Crippen molar-refractivity contribution in [1.29, 1.82) is 0 Å². The molecule has 0 aliphatic heterocycles. The highest BCUT2D eigenvalue weighted by Gasteiger charge is 2.67. The van der Waals surface area contributed by atoms with Gasteiger partial charge in [-0.2, -0.15) is 0 Å². The van der Waals surface area contributed by atoms with E-state index in [0.717, 1.165) is 5.56 Å². The van der Waals surface area contributed by atoms with E-state index in [4.69, 9.17) is 9.05 Å². The molecule has 0 amide bonds. The predicted octanol–water partition coefficient (Wildman–Crippen LogP) is 8.03. The summed E-state index contributed by atoms with van der Waals surface area (Å²) in [6.45, 7) is 12.3. The molecule has 0 aliphatic rings. The Bertz CT molecular complexity index is 1000. The Kier molecular flexibility index (Phi) is 6.49. The molecule has 3 aromatic carbocycles. The fourth-order valence-corrected chi connectivity index (χ4v) is 8.29. The summed E-state index contributed by atoms with van der Waals surface area (Å²) in [5.74, 6) is 1.10. The van der Waals surface area contributed by atoms with Crippen molar-refractivity contribution in [2.75, 3.05) is 0 Å². The van der Waals surface area contributed by atoms with Gasteiger partial charge in [0.2, 0.25) is 0 Å². The number of hydrogen-bond donors (Lipinski definition) is 1. The molecule has 4 nitrogen and oxygen atoms in total. The maximum absolute atomic E-state index is 15.2. The largest absolute Gasteiger partial charge is 0.508 e. The summed E-state index contributed by atoms with van der Waals surface area (Å²) in [5.41, 5.74) is -0.326. The molecule has 0 saturated carbocycles. The van der Waals surface area contributed by atoms with Crippen LogP contribution in [0.25, 0.3) is 0 Å². The summed E-state index contributed by atoms with van der Waals surface area (Å²) in [6, 6.07) is 25.2. The number of hydrogen-bond acceptors (Lipinski definition) is 4. The molecule has 3 aromatic rings. The molecular formula is C27H33O4P. The van der Waals surface area contributed by atoms with Gasteiger partial charge in [-0.05, 0) is 52.8 Å². The molecule has 0 bridgehead atoms. The SMILES string of the molecule is CC(C)(C)C(c1ccc(O)cc1)(C(C)(C)C)P(=O)(Oc1ccccc1)Oc1ccccc1. The van der Waals surface area contributed by atoms with E-state index in [1.165, 1.54) is 0 Å². The lowest BCUT2D eigenvalue weighted by molar-refractivity contribution is 0.102. The molecule has 0 fully saturated rings. The minimum Gasteiger partial charge on any atom is -0.508 e. The average Bonchev–Trinajstić information content (AvgIpc) is 2.69. The zero-order chi connectivity index (χ0) is 23.6. The first-order chi connectivity index (χ1) is 14.9. The van der Waals surface area contributed by atoms with E-state index in [2.05, 4.69) is 41.5 Å². The van der Waals surface area contributed by atoms with Gasteiger partial charge in [0.25, 0.3) is 0 Å². The predicted molar refractivity (Wildman–Crippen MR) is 130 cm³/mol. The van der Waals surface area contributed by atoms with Crippen LogP contribution in [-0.4, -0.2) is 5.11 Å². The lowest BCUT2D eigenvalue weighted by atomic mass is 9.62. The Labute approximate surface area is 191 Å². The molecule has 0 atom stereocenters. The van der Waals surface area contributed by atoms with E-state index < -0.39 is 23.6 Å². The third kappa shape index (κ3) is 4.29. The van der Waals surface area contributed by atoms with Crippen LogP contribution in [0.3, 0.4) is 0 Å². The summed E-state index contributed by atoms with van der Waals surface area (Å²) in [4.78, 5) is 0. The fourth-order valence-electron chi connectivity index (χ4n) is 5.07. The molecule has 0 unspecified atom stereocenters. The molecule has 0 heterocycles. The number of phenolic OH excluding ortho intramolecular Hbond substituents is 1. The van der Waals surface area contributed by atoms with Crippen LogP contribution in [0.4, 0.5) is 0 Å². The number of aromatic hydroxyl groups is 1. The van der Waals surface area contributed by atoms with Gasteiger partial charge in [-0.1, -0.05) is 90.1 Å². The molecule has 32 heavy (non-hydrogen) atoms. The van der Waals surface area contributed by atoms with Crippen LogP contribution in [0.15, 0.2) is 84.9 Å². The first kappa shape index (κ1) is 23.9. The lowest BCUT2D eigenvalue weighted by Gasteiger charge is -2.54. The Hall–Kier alpha value is -2.71. The van der Waals surface area contributed by atoms with Crippen molar-refractivity contribution in [3.8, 4) is 17.2 Å². The van der Waals surface area contributed by atoms with E-state index in [1.807, 2.05) is 48.5 Å². The van der Waals surface area contributed by atoms with E-state index in [9.17, 15) is 5.11 Å². The minimum absolute atomic E-state index is 0.147. The van der Waals surface area contributed by atoms with Gasteiger partial charge in [-0.15, -0.1) is 0 Å². The Morgan fingerprint density at radius 1 is 0.625 bits per heavy atom. The topological polar surface area (TPSA) is 55.8 Å². The van der Waals surface area contributed by atoms with Gasteiger partial charge in [0.1, 0.15) is 22.4 Å². The fraction of sp³-hybridized carbons (Fsp3) is 0.333. The van der Waals surface area contributed by atoms with E-state index in [-0.39, 0.29) is 5.75 Å². The average molecular weight is 453 g/mol. The van der Waals surface area contributed by atoms with Crippen molar-refractivity contribution in [2.24, 2.45) is 10.8 Å². The summed E-state index contributed by atoms with van der Waals surface area (Å²) >= 11 is 0. The van der Waals surface area contributed by atoms with Crippen molar-refractivity contribution in [2.45, 2.75) is 46.7 Å². The Balaban J connectivity index is 2.37. The van der Waals surface area contributed by atoms with Crippen molar-refractivity contribution >= 4 is 7.60 Å². The van der Waals surface area contributed by atoms with E-state index in [0.29, 0.717) is 11.5 Å².